The van der Waals surface area contributed by atoms with Crippen LogP contribution in [0.2, 0.25) is 0 Å². The molecule has 4 rings (SSSR count). The van der Waals surface area contributed by atoms with Gasteiger partial charge in [-0.3, -0.25) is 9.59 Å². The molecule has 2 heterocycles. The van der Waals surface area contributed by atoms with Gasteiger partial charge in [-0.05, 0) is 42.7 Å². The Labute approximate surface area is 191 Å². The lowest BCUT2D eigenvalue weighted by molar-refractivity contribution is -0.141. The molecule has 2 aliphatic heterocycles. The van der Waals surface area contributed by atoms with Gasteiger partial charge < -0.3 is 19.3 Å². The SMILES string of the molecule is O=C(c1ccccc1OCc1cccc(Br)c1)N1CCC(C(=O)N2CCOCC2)CC1. The monoisotopic (exact) mass is 486 g/mol. The van der Waals surface area contributed by atoms with Crippen LogP contribution in [0, 0.1) is 5.92 Å². The number of para-hydroxylation sites is 1. The number of amides is 2. The Balaban J connectivity index is 1.36. The zero-order chi connectivity index (χ0) is 21.6. The molecule has 0 radical (unpaired) electrons. The van der Waals surface area contributed by atoms with Gasteiger partial charge in [0.05, 0.1) is 18.8 Å². The minimum atomic E-state index is -0.0397. The van der Waals surface area contributed by atoms with Crippen LogP contribution in [0.25, 0.3) is 0 Å². The highest BCUT2D eigenvalue weighted by Crippen LogP contribution is 2.26. The van der Waals surface area contributed by atoms with Crippen LogP contribution in [-0.4, -0.2) is 61.0 Å². The maximum atomic E-state index is 13.2. The standard InChI is InChI=1S/C24H27BrN2O4/c25-20-5-3-4-18(16-20)17-31-22-7-2-1-6-21(22)24(29)26-10-8-19(9-11-26)23(28)27-12-14-30-15-13-27/h1-7,16,19H,8-15,17H2. The number of ether oxygens (including phenoxy) is 2. The molecular formula is C24H27BrN2O4. The summed E-state index contributed by atoms with van der Waals surface area (Å²) >= 11 is 3.47. The third kappa shape index (κ3) is 5.46. The van der Waals surface area contributed by atoms with E-state index < -0.39 is 0 Å². The molecule has 0 saturated carbocycles. The van der Waals surface area contributed by atoms with Gasteiger partial charge in [0.25, 0.3) is 5.91 Å². The number of benzene rings is 2. The third-order valence-corrected chi connectivity index (χ3v) is 6.35. The second kappa shape index (κ2) is 10.3. The summed E-state index contributed by atoms with van der Waals surface area (Å²) in [5, 5.41) is 0. The summed E-state index contributed by atoms with van der Waals surface area (Å²) in [6.45, 7) is 4.11. The molecule has 6 nitrogen and oxygen atoms in total. The molecule has 164 valence electrons. The molecular weight excluding hydrogens is 460 g/mol. The highest BCUT2D eigenvalue weighted by molar-refractivity contribution is 9.10. The molecule has 0 atom stereocenters. The van der Waals surface area contributed by atoms with E-state index in [-0.39, 0.29) is 17.7 Å². The lowest BCUT2D eigenvalue weighted by Gasteiger charge is -2.35. The quantitative estimate of drug-likeness (QED) is 0.645. The zero-order valence-corrected chi connectivity index (χ0v) is 19.1. The van der Waals surface area contributed by atoms with Gasteiger partial charge in [-0.2, -0.15) is 0 Å². The van der Waals surface area contributed by atoms with Crippen LogP contribution in [0.1, 0.15) is 28.8 Å². The van der Waals surface area contributed by atoms with E-state index in [0.29, 0.717) is 70.2 Å². The van der Waals surface area contributed by atoms with Crippen molar-refractivity contribution in [1.82, 2.24) is 9.80 Å². The van der Waals surface area contributed by atoms with Crippen LogP contribution in [0.5, 0.6) is 5.75 Å². The Hall–Kier alpha value is -2.38. The number of halogens is 1. The minimum Gasteiger partial charge on any atom is -0.488 e. The first-order chi connectivity index (χ1) is 15.1. The second-order valence-corrected chi connectivity index (χ2v) is 8.83. The number of nitrogens with zero attached hydrogens (tertiary/aromatic N) is 2. The fourth-order valence-electron chi connectivity index (χ4n) is 4.10. The van der Waals surface area contributed by atoms with Crippen molar-refractivity contribution in [3.05, 3.63) is 64.1 Å². The van der Waals surface area contributed by atoms with Crippen LogP contribution >= 0.6 is 15.9 Å². The Morgan fingerprint density at radius 1 is 0.968 bits per heavy atom. The normalized spacial score (nSPS) is 17.5. The lowest BCUT2D eigenvalue weighted by Crippen LogP contribution is -2.47. The van der Waals surface area contributed by atoms with Crippen molar-refractivity contribution in [2.24, 2.45) is 5.92 Å². The molecule has 0 aromatic heterocycles. The number of carbonyl (C=O) groups is 2. The summed E-state index contributed by atoms with van der Waals surface area (Å²) in [7, 11) is 0. The molecule has 7 heteroatoms. The predicted octanol–water partition coefficient (Wildman–Crippen LogP) is 3.74. The van der Waals surface area contributed by atoms with Crippen molar-refractivity contribution >= 4 is 27.7 Å². The van der Waals surface area contributed by atoms with Gasteiger partial charge in [-0.15, -0.1) is 0 Å². The van der Waals surface area contributed by atoms with Crippen LogP contribution < -0.4 is 4.74 Å². The fourth-order valence-corrected chi connectivity index (χ4v) is 4.55. The van der Waals surface area contributed by atoms with Crippen LogP contribution in [-0.2, 0) is 16.1 Å². The highest BCUT2D eigenvalue weighted by Gasteiger charge is 2.31. The molecule has 0 N–H and O–H groups in total. The molecule has 2 fully saturated rings. The number of piperidine rings is 1. The van der Waals surface area contributed by atoms with Crippen molar-refractivity contribution < 1.29 is 19.1 Å². The summed E-state index contributed by atoms with van der Waals surface area (Å²) in [4.78, 5) is 29.7. The highest BCUT2D eigenvalue weighted by atomic mass is 79.9. The van der Waals surface area contributed by atoms with Gasteiger partial charge in [-0.25, -0.2) is 0 Å². The van der Waals surface area contributed by atoms with Gasteiger partial charge in [0.1, 0.15) is 12.4 Å². The van der Waals surface area contributed by atoms with Crippen molar-refractivity contribution in [2.75, 3.05) is 39.4 Å². The molecule has 2 aliphatic rings. The third-order valence-electron chi connectivity index (χ3n) is 5.86. The topological polar surface area (TPSA) is 59.1 Å². The second-order valence-electron chi connectivity index (χ2n) is 7.92. The first-order valence-electron chi connectivity index (χ1n) is 10.7. The van der Waals surface area contributed by atoms with E-state index in [9.17, 15) is 9.59 Å². The van der Waals surface area contributed by atoms with Crippen LogP contribution in [0.4, 0.5) is 0 Å². The Bertz CT molecular complexity index is 921. The van der Waals surface area contributed by atoms with Crippen molar-refractivity contribution in [1.29, 1.82) is 0 Å². The van der Waals surface area contributed by atoms with E-state index in [2.05, 4.69) is 15.9 Å². The summed E-state index contributed by atoms with van der Waals surface area (Å²) in [6, 6.07) is 15.3. The smallest absolute Gasteiger partial charge is 0.257 e. The summed E-state index contributed by atoms with van der Waals surface area (Å²) in [6.07, 6.45) is 1.39. The Kier molecular flexibility index (Phi) is 7.25. The van der Waals surface area contributed by atoms with Crippen LogP contribution in [0.3, 0.4) is 0 Å². The van der Waals surface area contributed by atoms with E-state index in [4.69, 9.17) is 9.47 Å². The van der Waals surface area contributed by atoms with Crippen LogP contribution in [0.15, 0.2) is 53.0 Å². The average molecular weight is 487 g/mol. The van der Waals surface area contributed by atoms with Gasteiger partial charge >= 0.3 is 0 Å². The largest absolute Gasteiger partial charge is 0.488 e. The first kappa shape index (κ1) is 21.8. The van der Waals surface area contributed by atoms with E-state index in [1.165, 1.54) is 0 Å². The Morgan fingerprint density at radius 2 is 1.71 bits per heavy atom. The van der Waals surface area contributed by atoms with Crippen molar-refractivity contribution in [3.63, 3.8) is 0 Å². The van der Waals surface area contributed by atoms with Gasteiger partial charge in [-0.1, -0.05) is 40.2 Å². The Morgan fingerprint density at radius 3 is 2.45 bits per heavy atom. The molecule has 0 unspecified atom stereocenters. The minimum absolute atomic E-state index is 0.00910. The van der Waals surface area contributed by atoms with E-state index >= 15 is 0 Å². The van der Waals surface area contributed by atoms with Gasteiger partial charge in [0.15, 0.2) is 0 Å². The van der Waals surface area contributed by atoms with E-state index in [1.807, 2.05) is 58.3 Å². The lowest BCUT2D eigenvalue weighted by atomic mass is 9.94. The van der Waals surface area contributed by atoms with Crippen molar-refractivity contribution in [3.8, 4) is 5.75 Å². The maximum Gasteiger partial charge on any atom is 0.257 e. The van der Waals surface area contributed by atoms with Gasteiger partial charge in [0, 0.05) is 36.6 Å². The molecule has 0 spiro atoms. The number of rotatable bonds is 5. The number of hydrogen-bond donors (Lipinski definition) is 0. The van der Waals surface area contributed by atoms with Gasteiger partial charge in [0.2, 0.25) is 5.91 Å². The summed E-state index contributed by atoms with van der Waals surface area (Å²) in [5.41, 5.74) is 1.59. The molecule has 0 bridgehead atoms. The number of likely N-dealkylation sites (tertiary alicyclic amines) is 1. The molecule has 2 aromatic carbocycles. The molecule has 2 saturated heterocycles. The first-order valence-corrected chi connectivity index (χ1v) is 11.5. The summed E-state index contributed by atoms with van der Waals surface area (Å²) in [5.74, 6) is 0.736. The van der Waals surface area contributed by atoms with Crippen molar-refractivity contribution in [2.45, 2.75) is 19.4 Å². The maximum absolute atomic E-state index is 13.2. The zero-order valence-electron chi connectivity index (χ0n) is 17.5. The predicted molar refractivity (Wildman–Crippen MR) is 121 cm³/mol. The number of carbonyl (C=O) groups excluding carboxylic acids is 2. The van der Waals surface area contributed by atoms with E-state index in [1.54, 1.807) is 0 Å². The fraction of sp³-hybridized carbons (Fsp3) is 0.417. The summed E-state index contributed by atoms with van der Waals surface area (Å²) < 4.78 is 12.3. The number of hydrogen-bond acceptors (Lipinski definition) is 4. The molecule has 2 aromatic rings. The molecule has 2 amide bonds. The average Bonchev–Trinajstić information content (AvgIpc) is 2.83. The molecule has 31 heavy (non-hydrogen) atoms. The van der Waals surface area contributed by atoms with E-state index in [0.717, 1.165) is 10.0 Å². The number of morpholine rings is 1. The molecule has 0 aliphatic carbocycles.